The average molecular weight is 525 g/mol. The zero-order valence-corrected chi connectivity index (χ0v) is 25.7. The fraction of sp³-hybridized carbons (Fsp3) is 0.778. The van der Waals surface area contributed by atoms with Crippen LogP contribution in [0, 0.1) is 0 Å². The largest absolute Gasteiger partial charge is 0.356 e. The molecule has 0 saturated carbocycles. The highest BCUT2D eigenvalue weighted by Crippen LogP contribution is 2.28. The number of para-hydroxylation sites is 1. The van der Waals surface area contributed by atoms with E-state index in [1.165, 1.54) is 166 Å². The molecule has 0 radical (unpaired) electrons. The van der Waals surface area contributed by atoms with Crippen LogP contribution in [-0.4, -0.2) is 17.6 Å². The molecule has 1 aromatic rings. The fourth-order valence-corrected chi connectivity index (χ4v) is 6.03. The first kappa shape index (κ1) is 32.8. The van der Waals surface area contributed by atoms with Crippen LogP contribution in [0.4, 0.5) is 5.69 Å². The molecule has 2 heteroatoms. The zero-order chi connectivity index (χ0) is 26.9. The Balaban J connectivity index is 1.56. The Morgan fingerprint density at radius 2 is 0.895 bits per heavy atom. The summed E-state index contributed by atoms with van der Waals surface area (Å²) in [4.78, 5) is 5.16. The maximum absolute atomic E-state index is 2.64. The molecule has 218 valence electrons. The topological polar surface area (TPSA) is 6.48 Å². The molecule has 1 heterocycles. The van der Waals surface area contributed by atoms with Crippen LogP contribution in [-0.2, 0) is 0 Å². The summed E-state index contributed by atoms with van der Waals surface area (Å²) in [6.45, 7) is 5.82. The van der Waals surface area contributed by atoms with Gasteiger partial charge in [-0.1, -0.05) is 167 Å². The minimum atomic E-state index is 0.504. The quantitative estimate of drug-likeness (QED) is 0.111. The van der Waals surface area contributed by atoms with E-state index >= 15 is 0 Å². The Labute approximate surface area is 238 Å². The minimum absolute atomic E-state index is 0.504. The lowest BCUT2D eigenvalue weighted by Crippen LogP contribution is -2.39. The first-order chi connectivity index (χ1) is 18.9. The highest BCUT2D eigenvalue weighted by atomic mass is 15.4. The van der Waals surface area contributed by atoms with E-state index in [0.717, 1.165) is 0 Å². The highest BCUT2D eigenvalue weighted by molar-refractivity contribution is 5.51. The predicted molar refractivity (Wildman–Crippen MR) is 171 cm³/mol. The second-order valence-corrected chi connectivity index (χ2v) is 12.0. The summed E-state index contributed by atoms with van der Waals surface area (Å²) in [5.41, 5.74) is 1.34. The molecular weight excluding hydrogens is 460 g/mol. The lowest BCUT2D eigenvalue weighted by molar-refractivity contribution is 0.273. The van der Waals surface area contributed by atoms with Crippen molar-refractivity contribution in [2.24, 2.45) is 0 Å². The number of unbranched alkanes of at least 4 members (excludes halogenated alkanes) is 21. The molecule has 1 aliphatic rings. The summed E-state index contributed by atoms with van der Waals surface area (Å²) in [7, 11) is 0. The molecule has 0 aromatic heterocycles. The van der Waals surface area contributed by atoms with Crippen LogP contribution in [0.3, 0.4) is 0 Å². The van der Waals surface area contributed by atoms with E-state index in [9.17, 15) is 0 Å². The second kappa shape index (κ2) is 23.4. The van der Waals surface area contributed by atoms with Crippen LogP contribution in [0.25, 0.3) is 0 Å². The van der Waals surface area contributed by atoms with Crippen molar-refractivity contribution < 1.29 is 0 Å². The lowest BCUT2D eigenvalue weighted by atomic mass is 10.0. The van der Waals surface area contributed by atoms with E-state index in [1.807, 2.05) is 0 Å². The van der Waals surface area contributed by atoms with Gasteiger partial charge in [0.25, 0.3) is 0 Å². The second-order valence-electron chi connectivity index (χ2n) is 12.0. The van der Waals surface area contributed by atoms with Crippen LogP contribution < -0.4 is 4.90 Å². The number of anilines is 1. The van der Waals surface area contributed by atoms with E-state index in [1.54, 1.807) is 0 Å². The molecule has 1 atom stereocenters. The van der Waals surface area contributed by atoms with Crippen molar-refractivity contribution in [1.82, 2.24) is 4.90 Å². The maximum Gasteiger partial charge on any atom is 0.105 e. The smallest absolute Gasteiger partial charge is 0.105 e. The third-order valence-electron chi connectivity index (χ3n) is 8.51. The van der Waals surface area contributed by atoms with Gasteiger partial charge >= 0.3 is 0 Å². The van der Waals surface area contributed by atoms with E-state index in [0.29, 0.717) is 6.17 Å². The molecule has 0 fully saturated rings. The molecular formula is C36H64N2. The van der Waals surface area contributed by atoms with Gasteiger partial charge < -0.3 is 9.80 Å². The van der Waals surface area contributed by atoms with Gasteiger partial charge in [0.2, 0.25) is 0 Å². The summed E-state index contributed by atoms with van der Waals surface area (Å²) in [5, 5.41) is 0. The van der Waals surface area contributed by atoms with E-state index in [2.05, 4.69) is 66.4 Å². The van der Waals surface area contributed by atoms with Crippen molar-refractivity contribution in [3.05, 3.63) is 42.7 Å². The van der Waals surface area contributed by atoms with Crippen molar-refractivity contribution >= 4 is 5.69 Å². The van der Waals surface area contributed by atoms with Crippen LogP contribution >= 0.6 is 0 Å². The molecule has 1 aromatic carbocycles. The lowest BCUT2D eigenvalue weighted by Gasteiger charge is -2.33. The van der Waals surface area contributed by atoms with Crippen LogP contribution in [0.1, 0.15) is 168 Å². The van der Waals surface area contributed by atoms with Crippen LogP contribution in [0.5, 0.6) is 0 Å². The van der Waals surface area contributed by atoms with Crippen molar-refractivity contribution in [2.45, 2.75) is 174 Å². The van der Waals surface area contributed by atoms with Gasteiger partial charge in [-0.25, -0.2) is 0 Å². The van der Waals surface area contributed by atoms with E-state index in [-0.39, 0.29) is 0 Å². The minimum Gasteiger partial charge on any atom is -0.356 e. The summed E-state index contributed by atoms with van der Waals surface area (Å²) in [5.74, 6) is 0. The number of rotatable bonds is 26. The van der Waals surface area contributed by atoms with Crippen molar-refractivity contribution in [1.29, 1.82) is 0 Å². The molecule has 2 nitrogen and oxygen atoms in total. The Morgan fingerprint density at radius 1 is 0.474 bits per heavy atom. The fourth-order valence-electron chi connectivity index (χ4n) is 6.03. The van der Waals surface area contributed by atoms with Gasteiger partial charge in [-0.3, -0.25) is 0 Å². The number of nitrogens with zero attached hydrogens (tertiary/aromatic N) is 2. The molecule has 0 amide bonds. The van der Waals surface area contributed by atoms with Crippen molar-refractivity contribution in [2.75, 3.05) is 11.4 Å². The molecule has 1 aliphatic heterocycles. The summed E-state index contributed by atoms with van der Waals surface area (Å²) < 4.78 is 0. The molecule has 0 spiro atoms. The molecule has 0 saturated heterocycles. The molecule has 0 aliphatic carbocycles. The van der Waals surface area contributed by atoms with Crippen molar-refractivity contribution in [3.63, 3.8) is 0 Å². The average Bonchev–Trinajstić information content (AvgIpc) is 3.35. The summed E-state index contributed by atoms with van der Waals surface area (Å²) in [6, 6.07) is 11.0. The number of hydrogen-bond acceptors (Lipinski definition) is 2. The SMILES string of the molecule is CCCCCCCCCCCCCCCCN1C=CN(c2ccccc2)C1CCCCCCCCCCC. The third-order valence-corrected chi connectivity index (χ3v) is 8.51. The van der Waals surface area contributed by atoms with Gasteiger partial charge in [0.05, 0.1) is 0 Å². The van der Waals surface area contributed by atoms with Gasteiger partial charge in [0, 0.05) is 24.6 Å². The van der Waals surface area contributed by atoms with Crippen LogP contribution in [0.15, 0.2) is 42.7 Å². The van der Waals surface area contributed by atoms with Gasteiger partial charge in [-0.2, -0.15) is 0 Å². The van der Waals surface area contributed by atoms with E-state index < -0.39 is 0 Å². The first-order valence-corrected chi connectivity index (χ1v) is 17.1. The van der Waals surface area contributed by atoms with Gasteiger partial charge in [0.15, 0.2) is 0 Å². The standard InChI is InChI=1S/C36H64N2/c1-3-5-7-9-11-13-14-15-16-17-19-21-23-28-32-37-33-34-38(35-29-25-24-26-30-35)36(37)31-27-22-20-18-12-10-8-6-4-2/h24-26,29-30,33-34,36H,3-23,27-28,31-32H2,1-2H3. The third kappa shape index (κ3) is 15.2. The molecule has 0 N–H and O–H groups in total. The number of benzene rings is 1. The molecule has 0 bridgehead atoms. The monoisotopic (exact) mass is 525 g/mol. The highest BCUT2D eigenvalue weighted by Gasteiger charge is 2.26. The normalized spacial score (nSPS) is 15.2. The predicted octanol–water partition coefficient (Wildman–Crippen LogP) is 12.0. The van der Waals surface area contributed by atoms with E-state index in [4.69, 9.17) is 0 Å². The van der Waals surface area contributed by atoms with Gasteiger partial charge in [-0.15, -0.1) is 0 Å². The zero-order valence-electron chi connectivity index (χ0n) is 25.7. The van der Waals surface area contributed by atoms with Gasteiger partial charge in [0.1, 0.15) is 6.17 Å². The Morgan fingerprint density at radius 3 is 1.37 bits per heavy atom. The van der Waals surface area contributed by atoms with Gasteiger partial charge in [-0.05, 0) is 31.4 Å². The van der Waals surface area contributed by atoms with Crippen molar-refractivity contribution in [3.8, 4) is 0 Å². The molecule has 2 rings (SSSR count). The Kier molecular flexibility index (Phi) is 20.2. The number of hydrogen-bond donors (Lipinski definition) is 0. The summed E-state index contributed by atoms with van der Waals surface area (Å²) in [6.07, 6.45) is 39.2. The Bertz CT molecular complexity index is 655. The molecule has 1 unspecified atom stereocenters. The molecule has 38 heavy (non-hydrogen) atoms. The first-order valence-electron chi connectivity index (χ1n) is 17.1. The maximum atomic E-state index is 2.64. The summed E-state index contributed by atoms with van der Waals surface area (Å²) >= 11 is 0. The van der Waals surface area contributed by atoms with Crippen LogP contribution in [0.2, 0.25) is 0 Å². The Hall–Kier alpha value is -1.44.